The van der Waals surface area contributed by atoms with Crippen molar-refractivity contribution in [1.29, 1.82) is 0 Å². The van der Waals surface area contributed by atoms with Gasteiger partial charge in [-0.25, -0.2) is 0 Å². The van der Waals surface area contributed by atoms with E-state index in [1.807, 2.05) is 18.2 Å². The quantitative estimate of drug-likeness (QED) is 0.770. The molecule has 0 N–H and O–H groups in total. The van der Waals surface area contributed by atoms with Gasteiger partial charge in [-0.05, 0) is 23.6 Å². The van der Waals surface area contributed by atoms with Crippen molar-refractivity contribution >= 4 is 21.7 Å². The number of methoxy groups -OCH3 is 1. The van der Waals surface area contributed by atoms with E-state index in [-0.39, 0.29) is 5.78 Å². The first-order valence-electron chi connectivity index (χ1n) is 4.94. The highest BCUT2D eigenvalue weighted by atomic mass is 79.9. The number of carbonyl (C=O) groups is 1. The van der Waals surface area contributed by atoms with Crippen LogP contribution in [-0.4, -0.2) is 18.2 Å². The molecule has 0 unspecified atom stereocenters. The molecule has 3 heteroatoms. The molecule has 0 aliphatic carbocycles. The Bertz CT molecular complexity index is 347. The summed E-state index contributed by atoms with van der Waals surface area (Å²) >= 11 is 3.16. The Morgan fingerprint density at radius 1 is 1.47 bits per heavy atom. The van der Waals surface area contributed by atoms with Crippen molar-refractivity contribution in [2.75, 3.05) is 12.4 Å². The third kappa shape index (κ3) is 3.34. The lowest BCUT2D eigenvalue weighted by atomic mass is 10.0. The Hall–Kier alpha value is -0.830. The van der Waals surface area contributed by atoms with Gasteiger partial charge in [-0.2, -0.15) is 0 Å². The number of ether oxygens (including phenoxy) is 1. The van der Waals surface area contributed by atoms with E-state index in [9.17, 15) is 4.79 Å². The molecule has 2 nitrogen and oxygen atoms in total. The number of hydrogen-bond acceptors (Lipinski definition) is 2. The maximum atomic E-state index is 11.3. The fourth-order valence-corrected chi connectivity index (χ4v) is 1.69. The molecule has 0 bridgehead atoms. The van der Waals surface area contributed by atoms with E-state index >= 15 is 0 Å². The van der Waals surface area contributed by atoms with Gasteiger partial charge in [0.05, 0.1) is 12.4 Å². The second kappa shape index (κ2) is 5.91. The van der Waals surface area contributed by atoms with Crippen LogP contribution in [0, 0.1) is 0 Å². The summed E-state index contributed by atoms with van der Waals surface area (Å²) in [5, 5.41) is 0.417. The van der Waals surface area contributed by atoms with Crippen molar-refractivity contribution in [3.05, 3.63) is 29.3 Å². The molecule has 1 aromatic rings. The molecule has 0 fully saturated rings. The van der Waals surface area contributed by atoms with Crippen molar-refractivity contribution in [1.82, 2.24) is 0 Å². The molecule has 0 aliphatic heterocycles. The van der Waals surface area contributed by atoms with Crippen LogP contribution >= 0.6 is 15.9 Å². The van der Waals surface area contributed by atoms with E-state index in [0.717, 1.165) is 23.3 Å². The standard InChI is InChI=1S/C12H15BrO2/c1-3-10-6-9(7-11(14)8-13)4-5-12(10)15-2/h4-6H,3,7-8H2,1-2H3. The maximum absolute atomic E-state index is 11.3. The van der Waals surface area contributed by atoms with Crippen LogP contribution in [0.4, 0.5) is 0 Å². The summed E-state index contributed by atoms with van der Waals surface area (Å²) in [5.74, 6) is 1.09. The number of Topliss-reactive ketones (excluding diaryl/α,β-unsaturated/α-hetero) is 1. The van der Waals surface area contributed by atoms with Crippen molar-refractivity contribution in [3.8, 4) is 5.75 Å². The number of rotatable bonds is 5. The Kier molecular flexibility index (Phi) is 4.82. The van der Waals surface area contributed by atoms with Gasteiger partial charge in [0, 0.05) is 6.42 Å². The lowest BCUT2D eigenvalue weighted by molar-refractivity contribution is -0.115. The van der Waals surface area contributed by atoms with Gasteiger partial charge in [-0.15, -0.1) is 0 Å². The number of carbonyl (C=O) groups excluding carboxylic acids is 1. The summed E-state index contributed by atoms with van der Waals surface area (Å²) in [6, 6.07) is 5.91. The van der Waals surface area contributed by atoms with Crippen LogP contribution in [0.25, 0.3) is 0 Å². The summed E-state index contributed by atoms with van der Waals surface area (Å²) in [6.45, 7) is 2.08. The first kappa shape index (κ1) is 12.2. The predicted molar refractivity (Wildman–Crippen MR) is 64.9 cm³/mol. The fraction of sp³-hybridized carbons (Fsp3) is 0.417. The highest BCUT2D eigenvalue weighted by Gasteiger charge is 2.05. The van der Waals surface area contributed by atoms with Gasteiger partial charge < -0.3 is 4.74 Å². The maximum Gasteiger partial charge on any atom is 0.147 e. The molecule has 0 spiro atoms. The van der Waals surface area contributed by atoms with Crippen LogP contribution in [0.1, 0.15) is 18.1 Å². The number of hydrogen-bond donors (Lipinski definition) is 0. The Labute approximate surface area is 98.8 Å². The van der Waals surface area contributed by atoms with Crippen LogP contribution in [0.3, 0.4) is 0 Å². The number of benzene rings is 1. The molecule has 0 saturated heterocycles. The zero-order chi connectivity index (χ0) is 11.3. The van der Waals surface area contributed by atoms with E-state index in [1.54, 1.807) is 7.11 Å². The molecular formula is C12H15BrO2. The molecule has 0 radical (unpaired) electrons. The smallest absolute Gasteiger partial charge is 0.147 e. The van der Waals surface area contributed by atoms with Crippen LogP contribution in [0.2, 0.25) is 0 Å². The van der Waals surface area contributed by atoms with E-state index in [0.29, 0.717) is 11.8 Å². The number of aryl methyl sites for hydroxylation is 1. The molecule has 0 amide bonds. The molecule has 0 heterocycles. The van der Waals surface area contributed by atoms with Gasteiger partial charge in [0.25, 0.3) is 0 Å². The molecule has 0 aromatic heterocycles. The predicted octanol–water partition coefficient (Wildman–Crippen LogP) is 2.76. The lowest BCUT2D eigenvalue weighted by Gasteiger charge is -2.08. The summed E-state index contributed by atoms with van der Waals surface area (Å²) in [4.78, 5) is 11.3. The average molecular weight is 271 g/mol. The largest absolute Gasteiger partial charge is 0.496 e. The highest BCUT2D eigenvalue weighted by molar-refractivity contribution is 9.09. The van der Waals surface area contributed by atoms with Crippen molar-refractivity contribution in [2.24, 2.45) is 0 Å². The summed E-state index contributed by atoms with van der Waals surface area (Å²) in [7, 11) is 1.66. The van der Waals surface area contributed by atoms with E-state index in [4.69, 9.17) is 4.74 Å². The second-order valence-electron chi connectivity index (χ2n) is 3.35. The van der Waals surface area contributed by atoms with Crippen LogP contribution in [0.15, 0.2) is 18.2 Å². The summed E-state index contributed by atoms with van der Waals surface area (Å²) < 4.78 is 5.23. The van der Waals surface area contributed by atoms with Crippen molar-refractivity contribution in [2.45, 2.75) is 19.8 Å². The first-order valence-corrected chi connectivity index (χ1v) is 6.06. The topological polar surface area (TPSA) is 26.3 Å². The van der Waals surface area contributed by atoms with Gasteiger partial charge >= 0.3 is 0 Å². The fourth-order valence-electron chi connectivity index (χ4n) is 1.49. The van der Waals surface area contributed by atoms with Crippen LogP contribution < -0.4 is 4.74 Å². The monoisotopic (exact) mass is 270 g/mol. The van der Waals surface area contributed by atoms with Gasteiger partial charge in [0.2, 0.25) is 0 Å². The van der Waals surface area contributed by atoms with Gasteiger partial charge in [0.1, 0.15) is 11.5 Å². The van der Waals surface area contributed by atoms with Gasteiger partial charge in [-0.3, -0.25) is 4.79 Å². The normalized spacial score (nSPS) is 10.1. The molecule has 82 valence electrons. The van der Waals surface area contributed by atoms with Crippen LogP contribution in [0.5, 0.6) is 5.75 Å². The molecule has 0 atom stereocenters. The second-order valence-corrected chi connectivity index (χ2v) is 3.91. The summed E-state index contributed by atoms with van der Waals surface area (Å²) in [5.41, 5.74) is 2.20. The SMILES string of the molecule is CCc1cc(CC(=O)CBr)ccc1OC. The van der Waals surface area contributed by atoms with E-state index in [2.05, 4.69) is 22.9 Å². The minimum atomic E-state index is 0.196. The van der Waals surface area contributed by atoms with Crippen molar-refractivity contribution in [3.63, 3.8) is 0 Å². The Balaban J connectivity index is 2.88. The highest BCUT2D eigenvalue weighted by Crippen LogP contribution is 2.20. The van der Waals surface area contributed by atoms with Crippen molar-refractivity contribution < 1.29 is 9.53 Å². The zero-order valence-corrected chi connectivity index (χ0v) is 10.6. The minimum Gasteiger partial charge on any atom is -0.496 e. The third-order valence-electron chi connectivity index (χ3n) is 2.28. The Morgan fingerprint density at radius 3 is 2.73 bits per heavy atom. The first-order chi connectivity index (χ1) is 7.21. The molecular weight excluding hydrogens is 256 g/mol. The third-order valence-corrected chi connectivity index (χ3v) is 2.90. The van der Waals surface area contributed by atoms with Gasteiger partial charge in [0.15, 0.2) is 0 Å². The van der Waals surface area contributed by atoms with E-state index in [1.165, 1.54) is 0 Å². The molecule has 0 saturated carbocycles. The average Bonchev–Trinajstić information content (AvgIpc) is 2.28. The van der Waals surface area contributed by atoms with E-state index < -0.39 is 0 Å². The minimum absolute atomic E-state index is 0.196. The molecule has 1 aromatic carbocycles. The number of ketones is 1. The molecule has 1 rings (SSSR count). The van der Waals surface area contributed by atoms with Gasteiger partial charge in [-0.1, -0.05) is 35.0 Å². The summed E-state index contributed by atoms with van der Waals surface area (Å²) in [6.07, 6.45) is 1.40. The lowest BCUT2D eigenvalue weighted by Crippen LogP contribution is -2.04. The number of alkyl halides is 1. The Morgan fingerprint density at radius 2 is 2.20 bits per heavy atom. The number of halogens is 1. The van der Waals surface area contributed by atoms with Crippen LogP contribution in [-0.2, 0) is 17.6 Å². The zero-order valence-electron chi connectivity index (χ0n) is 9.05. The molecule has 15 heavy (non-hydrogen) atoms. The molecule has 0 aliphatic rings.